The van der Waals surface area contributed by atoms with Crippen molar-refractivity contribution in [3.05, 3.63) is 65.2 Å². The van der Waals surface area contributed by atoms with Crippen LogP contribution in [0.15, 0.2) is 54.6 Å². The molecule has 1 fully saturated rings. The number of hydrogen-bond donors (Lipinski definition) is 0. The minimum Gasteiger partial charge on any atom is -0.490 e. The van der Waals surface area contributed by atoms with Crippen LogP contribution in [-0.2, 0) is 4.79 Å². The molecule has 7 heteroatoms. The highest BCUT2D eigenvalue weighted by molar-refractivity contribution is 6.68. The summed E-state index contributed by atoms with van der Waals surface area (Å²) in [5, 5.41) is 0.661. The molecule has 2 atom stereocenters. The Bertz CT molecular complexity index is 762. The lowest BCUT2D eigenvalue weighted by atomic mass is 9.87. The quantitative estimate of drug-likeness (QED) is 0.550. The van der Waals surface area contributed by atoms with Crippen LogP contribution >= 0.6 is 46.4 Å². The first-order chi connectivity index (χ1) is 12.8. The zero-order valence-electron chi connectivity index (χ0n) is 14.5. The lowest BCUT2D eigenvalue weighted by Gasteiger charge is -2.39. The lowest BCUT2D eigenvalue weighted by Crippen LogP contribution is -2.47. The number of carbonyl (C=O) groups is 1. The van der Waals surface area contributed by atoms with Crippen molar-refractivity contribution in [2.75, 3.05) is 13.1 Å². The van der Waals surface area contributed by atoms with Crippen LogP contribution in [0.4, 0.5) is 0 Å². The number of benzene rings is 2. The maximum absolute atomic E-state index is 12.5. The van der Waals surface area contributed by atoms with Crippen molar-refractivity contribution >= 4 is 52.3 Å². The molecule has 1 aliphatic heterocycles. The minimum atomic E-state index is -1.59. The average molecular weight is 447 g/mol. The molecular weight excluding hydrogens is 428 g/mol. The number of nitrogens with zero attached hydrogens (tertiary/aromatic N) is 1. The van der Waals surface area contributed by atoms with Crippen molar-refractivity contribution in [1.82, 2.24) is 4.90 Å². The molecule has 0 spiro atoms. The number of halogens is 4. The summed E-state index contributed by atoms with van der Waals surface area (Å²) in [5.74, 6) is 0.613. The highest BCUT2D eigenvalue weighted by Gasteiger charge is 2.36. The molecule has 2 aromatic carbocycles. The third-order valence-electron chi connectivity index (χ3n) is 4.58. The van der Waals surface area contributed by atoms with Crippen LogP contribution in [0.5, 0.6) is 5.75 Å². The van der Waals surface area contributed by atoms with Crippen molar-refractivity contribution in [3.63, 3.8) is 0 Å². The zero-order valence-corrected chi connectivity index (χ0v) is 17.5. The summed E-state index contributed by atoms with van der Waals surface area (Å²) < 4.78 is 4.64. The van der Waals surface area contributed by atoms with Gasteiger partial charge in [-0.1, -0.05) is 76.7 Å². The Balaban J connectivity index is 1.78. The van der Waals surface area contributed by atoms with E-state index in [0.29, 0.717) is 24.5 Å². The van der Waals surface area contributed by atoms with Crippen molar-refractivity contribution in [2.45, 2.75) is 28.7 Å². The van der Waals surface area contributed by atoms with Gasteiger partial charge in [0, 0.05) is 30.5 Å². The Kier molecular flexibility index (Phi) is 6.80. The van der Waals surface area contributed by atoms with E-state index in [1.165, 1.54) is 0 Å². The van der Waals surface area contributed by atoms with Crippen LogP contribution < -0.4 is 4.74 Å². The second kappa shape index (κ2) is 8.91. The highest BCUT2D eigenvalue weighted by atomic mass is 35.6. The normalized spacial score (nSPS) is 20.4. The van der Waals surface area contributed by atoms with Gasteiger partial charge in [-0.25, -0.2) is 0 Å². The van der Waals surface area contributed by atoms with Gasteiger partial charge < -0.3 is 9.64 Å². The highest BCUT2D eigenvalue weighted by Crippen LogP contribution is 2.34. The lowest BCUT2D eigenvalue weighted by molar-refractivity contribution is -0.133. The molecular formula is C20H19Cl4NO2. The Labute approximate surface area is 179 Å². The average Bonchev–Trinajstić information content (AvgIpc) is 2.63. The maximum atomic E-state index is 12.5. The SMILES string of the molecule is O=C(CC(Cl)(Cl)Cl)N1CC[C@H](Oc2ccc(Cl)cc2)[C@@H](c2ccccc2)C1. The molecule has 0 unspecified atom stereocenters. The van der Waals surface area contributed by atoms with Gasteiger partial charge in [0.25, 0.3) is 0 Å². The van der Waals surface area contributed by atoms with E-state index in [1.807, 2.05) is 42.5 Å². The van der Waals surface area contributed by atoms with E-state index in [0.717, 1.165) is 11.3 Å². The molecule has 0 saturated carbocycles. The standard InChI is InChI=1S/C20H19Cl4NO2/c21-15-6-8-16(9-7-15)27-18-10-11-25(19(26)12-20(22,23)24)13-17(18)14-4-2-1-3-5-14/h1-9,17-18H,10-13H2/t17-,18+/m1/s1. The van der Waals surface area contributed by atoms with Crippen molar-refractivity contribution in [1.29, 1.82) is 0 Å². The largest absolute Gasteiger partial charge is 0.490 e. The molecule has 0 N–H and O–H groups in total. The molecule has 1 saturated heterocycles. The number of carbonyl (C=O) groups excluding carboxylic acids is 1. The number of hydrogen-bond acceptors (Lipinski definition) is 2. The van der Waals surface area contributed by atoms with Crippen LogP contribution in [0, 0.1) is 0 Å². The molecule has 0 bridgehead atoms. The number of amides is 1. The zero-order chi connectivity index (χ0) is 19.4. The Morgan fingerprint density at radius 1 is 1.07 bits per heavy atom. The molecule has 27 heavy (non-hydrogen) atoms. The topological polar surface area (TPSA) is 29.5 Å². The summed E-state index contributed by atoms with van der Waals surface area (Å²) in [7, 11) is 0. The van der Waals surface area contributed by atoms with Crippen LogP contribution in [0.3, 0.4) is 0 Å². The van der Waals surface area contributed by atoms with Crippen molar-refractivity contribution in [2.24, 2.45) is 0 Å². The van der Waals surface area contributed by atoms with Gasteiger partial charge in [0.2, 0.25) is 5.91 Å². The molecule has 0 aliphatic carbocycles. The molecule has 1 aliphatic rings. The number of alkyl halides is 3. The van der Waals surface area contributed by atoms with E-state index < -0.39 is 3.79 Å². The molecule has 2 aromatic rings. The smallest absolute Gasteiger partial charge is 0.226 e. The minimum absolute atomic E-state index is 0.0231. The number of piperidine rings is 1. The first kappa shape index (κ1) is 20.6. The van der Waals surface area contributed by atoms with Gasteiger partial charge in [0.1, 0.15) is 11.9 Å². The number of rotatable bonds is 4. The fourth-order valence-electron chi connectivity index (χ4n) is 3.29. The Morgan fingerprint density at radius 2 is 1.74 bits per heavy atom. The second-order valence-corrected chi connectivity index (χ2v) is 9.50. The Hall–Kier alpha value is -1.13. The van der Waals surface area contributed by atoms with Gasteiger partial charge in [0.15, 0.2) is 3.79 Å². The Morgan fingerprint density at radius 3 is 2.37 bits per heavy atom. The van der Waals surface area contributed by atoms with Crippen molar-refractivity contribution in [3.8, 4) is 5.75 Å². The van der Waals surface area contributed by atoms with Gasteiger partial charge in [-0.05, 0) is 29.8 Å². The molecule has 3 rings (SSSR count). The summed E-state index contributed by atoms with van der Waals surface area (Å²) in [6.07, 6.45) is 0.487. The van der Waals surface area contributed by atoms with Crippen LogP contribution in [0.25, 0.3) is 0 Å². The van der Waals surface area contributed by atoms with E-state index in [4.69, 9.17) is 51.1 Å². The monoisotopic (exact) mass is 445 g/mol. The third kappa shape index (κ3) is 5.92. The van der Waals surface area contributed by atoms with Crippen LogP contribution in [0.2, 0.25) is 5.02 Å². The van der Waals surface area contributed by atoms with E-state index in [9.17, 15) is 4.79 Å². The third-order valence-corrected chi connectivity index (χ3v) is 5.24. The number of likely N-dealkylation sites (tertiary alicyclic amines) is 1. The molecule has 1 heterocycles. The first-order valence-electron chi connectivity index (χ1n) is 8.63. The fourth-order valence-corrected chi connectivity index (χ4v) is 3.76. The molecule has 0 radical (unpaired) electrons. The molecule has 1 amide bonds. The molecule has 3 nitrogen and oxygen atoms in total. The van der Waals surface area contributed by atoms with E-state index >= 15 is 0 Å². The van der Waals surface area contributed by atoms with E-state index in [-0.39, 0.29) is 24.3 Å². The summed E-state index contributed by atoms with van der Waals surface area (Å²) >= 11 is 23.3. The van der Waals surface area contributed by atoms with Gasteiger partial charge in [0.05, 0.1) is 6.42 Å². The summed E-state index contributed by atoms with van der Waals surface area (Å²) in [4.78, 5) is 14.3. The van der Waals surface area contributed by atoms with Crippen LogP contribution in [-0.4, -0.2) is 33.8 Å². The van der Waals surface area contributed by atoms with E-state index in [2.05, 4.69) is 0 Å². The van der Waals surface area contributed by atoms with Gasteiger partial charge in [-0.3, -0.25) is 4.79 Å². The van der Waals surface area contributed by atoms with Crippen LogP contribution in [0.1, 0.15) is 24.3 Å². The second-order valence-electron chi connectivity index (χ2n) is 6.55. The maximum Gasteiger partial charge on any atom is 0.226 e. The summed E-state index contributed by atoms with van der Waals surface area (Å²) in [5.41, 5.74) is 1.11. The summed E-state index contributed by atoms with van der Waals surface area (Å²) in [6, 6.07) is 17.3. The first-order valence-corrected chi connectivity index (χ1v) is 10.1. The van der Waals surface area contributed by atoms with E-state index in [1.54, 1.807) is 17.0 Å². The fraction of sp³-hybridized carbons (Fsp3) is 0.350. The van der Waals surface area contributed by atoms with Gasteiger partial charge >= 0.3 is 0 Å². The number of ether oxygens (including phenoxy) is 1. The van der Waals surface area contributed by atoms with Gasteiger partial charge in [-0.2, -0.15) is 0 Å². The van der Waals surface area contributed by atoms with Crippen molar-refractivity contribution < 1.29 is 9.53 Å². The predicted molar refractivity (Wildman–Crippen MR) is 111 cm³/mol. The summed E-state index contributed by atoms with van der Waals surface area (Å²) in [6.45, 7) is 1.07. The molecule has 144 valence electrons. The molecule has 0 aromatic heterocycles. The predicted octanol–water partition coefficient (Wildman–Crippen LogP) is 5.86. The van der Waals surface area contributed by atoms with Gasteiger partial charge in [-0.15, -0.1) is 0 Å².